The molecule has 0 aromatic heterocycles. The standard InChI is InChI=1S/C20H20F3NO4.Na/c21-20(22,23)14-3-5-17(6-4-14)28-18-9-7-16(8-10-18)27-13-15-2-1-11-24(15)12-19(25)26;/h3-10,15H,1-2,11-13H2,(H,25,26);/q;+1/p-1/t15-;/m1./s1. The topological polar surface area (TPSA) is 61.8 Å². The summed E-state index contributed by atoms with van der Waals surface area (Å²) in [6, 6.07) is 11.2. The van der Waals surface area contributed by atoms with Gasteiger partial charge in [0.1, 0.15) is 23.9 Å². The van der Waals surface area contributed by atoms with Gasteiger partial charge in [0.25, 0.3) is 0 Å². The van der Waals surface area contributed by atoms with Gasteiger partial charge in [-0.15, -0.1) is 0 Å². The van der Waals surface area contributed by atoms with E-state index in [1.807, 2.05) is 4.90 Å². The molecule has 3 rings (SSSR count). The first kappa shape index (κ1) is 23.5. The van der Waals surface area contributed by atoms with Gasteiger partial charge in [0.15, 0.2) is 0 Å². The van der Waals surface area contributed by atoms with Crippen molar-refractivity contribution in [3.63, 3.8) is 0 Å². The summed E-state index contributed by atoms with van der Waals surface area (Å²) in [6.45, 7) is 0.974. The molecular weight excluding hydrogens is 398 g/mol. The van der Waals surface area contributed by atoms with Gasteiger partial charge in [-0.1, -0.05) is 0 Å². The van der Waals surface area contributed by atoms with Crippen molar-refractivity contribution >= 4 is 5.97 Å². The van der Waals surface area contributed by atoms with Crippen LogP contribution in [0.15, 0.2) is 48.5 Å². The molecule has 1 atom stereocenters. The van der Waals surface area contributed by atoms with Crippen LogP contribution in [0.5, 0.6) is 17.2 Å². The Morgan fingerprint density at radius 1 is 1.03 bits per heavy atom. The summed E-state index contributed by atoms with van der Waals surface area (Å²) in [6.07, 6.45) is -2.60. The fourth-order valence-electron chi connectivity index (χ4n) is 3.10. The van der Waals surface area contributed by atoms with Gasteiger partial charge < -0.3 is 19.4 Å². The van der Waals surface area contributed by atoms with E-state index in [1.165, 1.54) is 12.1 Å². The van der Waals surface area contributed by atoms with E-state index in [4.69, 9.17) is 9.47 Å². The van der Waals surface area contributed by atoms with Crippen molar-refractivity contribution in [2.75, 3.05) is 19.7 Å². The van der Waals surface area contributed by atoms with Crippen LogP contribution in [0, 0.1) is 0 Å². The van der Waals surface area contributed by atoms with Gasteiger partial charge in [0.05, 0.1) is 11.5 Å². The first-order valence-electron chi connectivity index (χ1n) is 8.83. The van der Waals surface area contributed by atoms with E-state index in [-0.39, 0.29) is 42.1 Å². The second-order valence-electron chi connectivity index (χ2n) is 6.55. The first-order valence-corrected chi connectivity index (χ1v) is 8.83. The zero-order valence-corrected chi connectivity index (χ0v) is 17.9. The van der Waals surface area contributed by atoms with Crippen LogP contribution in [0.25, 0.3) is 0 Å². The number of halogens is 3. The summed E-state index contributed by atoms with van der Waals surface area (Å²) in [5.41, 5.74) is -0.733. The molecule has 150 valence electrons. The third kappa shape index (κ3) is 6.92. The third-order valence-electron chi connectivity index (χ3n) is 4.51. The molecule has 2 aromatic carbocycles. The van der Waals surface area contributed by atoms with Gasteiger partial charge in [0, 0.05) is 12.6 Å². The summed E-state index contributed by atoms with van der Waals surface area (Å²) in [4.78, 5) is 12.6. The summed E-state index contributed by atoms with van der Waals surface area (Å²) in [7, 11) is 0. The number of hydrogen-bond acceptors (Lipinski definition) is 5. The predicted octanol–water partition coefficient (Wildman–Crippen LogP) is 0.0948. The van der Waals surface area contributed by atoms with Crippen LogP contribution < -0.4 is 44.1 Å². The summed E-state index contributed by atoms with van der Waals surface area (Å²) in [5.74, 6) is 0.258. The number of ether oxygens (including phenoxy) is 2. The maximum atomic E-state index is 12.6. The van der Waals surface area contributed by atoms with Crippen LogP contribution in [0.1, 0.15) is 18.4 Å². The molecule has 0 bridgehead atoms. The summed E-state index contributed by atoms with van der Waals surface area (Å²) in [5, 5.41) is 10.8. The Hall–Kier alpha value is -1.74. The Morgan fingerprint density at radius 3 is 2.14 bits per heavy atom. The number of alkyl halides is 3. The SMILES string of the molecule is O=C([O-])CN1CCC[C@@H]1COc1ccc(Oc2ccc(C(F)(F)F)cc2)cc1.[Na+]. The van der Waals surface area contributed by atoms with E-state index in [1.54, 1.807) is 24.3 Å². The van der Waals surface area contributed by atoms with Crippen LogP contribution in [0.4, 0.5) is 13.2 Å². The second kappa shape index (κ2) is 10.3. The molecule has 9 heteroatoms. The van der Waals surface area contributed by atoms with Crippen LogP contribution >= 0.6 is 0 Å². The van der Waals surface area contributed by atoms with Gasteiger partial charge >= 0.3 is 35.7 Å². The minimum absolute atomic E-state index is 0. The Labute approximate surface area is 188 Å². The molecule has 0 saturated carbocycles. The van der Waals surface area contributed by atoms with E-state index in [0.717, 1.165) is 25.0 Å². The Balaban J connectivity index is 0.00000300. The van der Waals surface area contributed by atoms with Crippen LogP contribution in [-0.4, -0.2) is 36.6 Å². The van der Waals surface area contributed by atoms with E-state index in [9.17, 15) is 23.1 Å². The zero-order chi connectivity index (χ0) is 20.1. The van der Waals surface area contributed by atoms with E-state index >= 15 is 0 Å². The van der Waals surface area contributed by atoms with Gasteiger partial charge in [-0.05, 0) is 67.9 Å². The van der Waals surface area contributed by atoms with E-state index in [2.05, 4.69) is 0 Å². The Bertz CT molecular complexity index is 797. The van der Waals surface area contributed by atoms with Crippen LogP contribution in [0.3, 0.4) is 0 Å². The maximum Gasteiger partial charge on any atom is 1.00 e. The number of carbonyl (C=O) groups excluding carboxylic acids is 1. The summed E-state index contributed by atoms with van der Waals surface area (Å²) >= 11 is 0. The molecule has 0 aliphatic carbocycles. The number of aliphatic carboxylic acids is 1. The largest absolute Gasteiger partial charge is 1.00 e. The molecule has 1 heterocycles. The number of hydrogen-bond donors (Lipinski definition) is 0. The van der Waals surface area contributed by atoms with Crippen molar-refractivity contribution in [2.45, 2.75) is 25.1 Å². The third-order valence-corrected chi connectivity index (χ3v) is 4.51. The number of benzene rings is 2. The predicted molar refractivity (Wildman–Crippen MR) is 93.1 cm³/mol. The maximum absolute atomic E-state index is 12.6. The number of carbonyl (C=O) groups is 1. The quantitative estimate of drug-likeness (QED) is 0.598. The number of carboxylic acid groups (broad SMARTS) is 1. The molecule has 5 nitrogen and oxygen atoms in total. The van der Waals surface area contributed by atoms with Gasteiger partial charge in [-0.25, -0.2) is 0 Å². The van der Waals surface area contributed by atoms with Gasteiger partial charge in [0.2, 0.25) is 0 Å². The Morgan fingerprint density at radius 2 is 1.59 bits per heavy atom. The molecule has 1 aliphatic rings. The second-order valence-corrected chi connectivity index (χ2v) is 6.55. The van der Waals surface area contributed by atoms with Crippen molar-refractivity contribution in [2.24, 2.45) is 0 Å². The molecular formula is C20H19F3NNaO4. The molecule has 1 fully saturated rings. The van der Waals surface area contributed by atoms with Crippen molar-refractivity contribution in [1.29, 1.82) is 0 Å². The van der Waals surface area contributed by atoms with Crippen LogP contribution in [-0.2, 0) is 11.0 Å². The minimum Gasteiger partial charge on any atom is -0.549 e. The van der Waals surface area contributed by atoms with Crippen molar-refractivity contribution in [3.8, 4) is 17.2 Å². The van der Waals surface area contributed by atoms with Crippen LogP contribution in [0.2, 0.25) is 0 Å². The molecule has 0 amide bonds. The molecule has 1 saturated heterocycles. The van der Waals surface area contributed by atoms with Crippen molar-refractivity contribution in [1.82, 2.24) is 4.90 Å². The first-order chi connectivity index (χ1) is 13.3. The molecule has 29 heavy (non-hydrogen) atoms. The minimum atomic E-state index is -4.38. The Kier molecular flexibility index (Phi) is 8.39. The molecule has 2 aromatic rings. The molecule has 0 radical (unpaired) electrons. The fourth-order valence-corrected chi connectivity index (χ4v) is 3.10. The molecule has 0 unspecified atom stereocenters. The van der Waals surface area contributed by atoms with Gasteiger partial charge in [-0.3, -0.25) is 4.90 Å². The normalized spacial score (nSPS) is 16.9. The fraction of sp³-hybridized carbons (Fsp3) is 0.350. The number of nitrogens with zero attached hydrogens (tertiary/aromatic N) is 1. The number of rotatable bonds is 7. The zero-order valence-electron chi connectivity index (χ0n) is 15.9. The number of carboxylic acids is 1. The van der Waals surface area contributed by atoms with Gasteiger partial charge in [-0.2, -0.15) is 13.2 Å². The average molecular weight is 417 g/mol. The summed E-state index contributed by atoms with van der Waals surface area (Å²) < 4.78 is 49.0. The number of likely N-dealkylation sites (tertiary alicyclic amines) is 1. The monoisotopic (exact) mass is 417 g/mol. The smallest absolute Gasteiger partial charge is 0.549 e. The molecule has 0 N–H and O–H groups in total. The van der Waals surface area contributed by atoms with E-state index < -0.39 is 17.7 Å². The van der Waals surface area contributed by atoms with Crippen molar-refractivity contribution in [3.05, 3.63) is 54.1 Å². The average Bonchev–Trinajstić information content (AvgIpc) is 3.07. The molecule has 1 aliphatic heterocycles. The van der Waals surface area contributed by atoms with Crippen molar-refractivity contribution < 1.29 is 62.1 Å². The van der Waals surface area contributed by atoms with E-state index in [0.29, 0.717) is 30.4 Å². The molecule has 0 spiro atoms.